The molecule has 0 spiro atoms. The van der Waals surface area contributed by atoms with E-state index in [4.69, 9.17) is 5.73 Å². The summed E-state index contributed by atoms with van der Waals surface area (Å²) in [4.78, 5) is -0.0278. The number of halogens is 1. The fraction of sp³-hybridized carbons (Fsp3) is 0.143. The van der Waals surface area contributed by atoms with Gasteiger partial charge in [0, 0.05) is 0 Å². The fourth-order valence-corrected chi connectivity index (χ4v) is 3.37. The molecule has 0 fully saturated rings. The van der Waals surface area contributed by atoms with Crippen molar-refractivity contribution >= 4 is 21.4 Å². The third kappa shape index (κ3) is 2.75. The number of hydrogen-bond acceptors (Lipinski definition) is 3. The number of anilines is 2. The minimum absolute atomic E-state index is 0.0278. The summed E-state index contributed by atoms with van der Waals surface area (Å²) in [5, 5.41) is 0. The highest BCUT2D eigenvalue weighted by Crippen LogP contribution is 2.26. The lowest BCUT2D eigenvalue weighted by molar-refractivity contribution is 0.598. The minimum Gasteiger partial charge on any atom is -0.398 e. The van der Waals surface area contributed by atoms with Crippen molar-refractivity contribution < 1.29 is 12.8 Å². The van der Waals surface area contributed by atoms with Crippen LogP contribution in [0.15, 0.2) is 41.3 Å². The molecule has 0 aliphatic carbocycles. The van der Waals surface area contributed by atoms with Gasteiger partial charge in [0.2, 0.25) is 0 Å². The van der Waals surface area contributed by atoms with Crippen LogP contribution in [-0.4, -0.2) is 8.42 Å². The monoisotopic (exact) mass is 294 g/mol. The second kappa shape index (κ2) is 5.13. The van der Waals surface area contributed by atoms with Crippen molar-refractivity contribution in [1.82, 2.24) is 0 Å². The molecule has 6 heteroatoms. The predicted molar refractivity (Wildman–Crippen MR) is 77.5 cm³/mol. The Bertz CT molecular complexity index is 738. The predicted octanol–water partition coefficient (Wildman–Crippen LogP) is 2.83. The van der Waals surface area contributed by atoms with E-state index in [1.165, 1.54) is 18.2 Å². The average Bonchev–Trinajstić information content (AvgIpc) is 2.32. The van der Waals surface area contributed by atoms with Gasteiger partial charge in [0.15, 0.2) is 0 Å². The van der Waals surface area contributed by atoms with Crippen LogP contribution in [0.1, 0.15) is 11.1 Å². The molecule has 0 heterocycles. The highest BCUT2D eigenvalue weighted by atomic mass is 32.2. The highest BCUT2D eigenvalue weighted by molar-refractivity contribution is 7.93. The summed E-state index contributed by atoms with van der Waals surface area (Å²) < 4.78 is 40.6. The Morgan fingerprint density at radius 1 is 1.15 bits per heavy atom. The van der Waals surface area contributed by atoms with Gasteiger partial charge >= 0.3 is 0 Å². The van der Waals surface area contributed by atoms with Gasteiger partial charge in [-0.25, -0.2) is 12.8 Å². The van der Waals surface area contributed by atoms with Crippen LogP contribution in [0.25, 0.3) is 0 Å². The molecule has 0 unspecified atom stereocenters. The Kier molecular flexibility index (Phi) is 3.67. The van der Waals surface area contributed by atoms with Crippen molar-refractivity contribution in [2.45, 2.75) is 18.7 Å². The van der Waals surface area contributed by atoms with Crippen molar-refractivity contribution in [3.63, 3.8) is 0 Å². The molecule has 0 atom stereocenters. The van der Waals surface area contributed by atoms with Crippen LogP contribution in [-0.2, 0) is 10.0 Å². The normalized spacial score (nSPS) is 11.3. The second-order valence-corrected chi connectivity index (χ2v) is 6.20. The number of nitrogens with two attached hydrogens (primary N) is 1. The van der Waals surface area contributed by atoms with Crippen molar-refractivity contribution in [2.75, 3.05) is 10.5 Å². The molecule has 0 aliphatic heterocycles. The van der Waals surface area contributed by atoms with Crippen molar-refractivity contribution in [3.05, 3.63) is 53.3 Å². The Morgan fingerprint density at radius 3 is 2.45 bits per heavy atom. The van der Waals surface area contributed by atoms with Crippen molar-refractivity contribution in [3.8, 4) is 0 Å². The zero-order chi connectivity index (χ0) is 14.9. The van der Waals surface area contributed by atoms with Crippen molar-refractivity contribution in [1.29, 1.82) is 0 Å². The Balaban J connectivity index is 2.46. The first kappa shape index (κ1) is 14.3. The molecule has 3 N–H and O–H groups in total. The standard InChI is InChI=1S/C14H15FN2O2S/c1-9-6-7-13(11(15)8-9)17-20(18,19)14-10(2)4-3-5-12(14)16/h3-8,17H,16H2,1-2H3. The third-order valence-electron chi connectivity index (χ3n) is 2.88. The Morgan fingerprint density at radius 2 is 1.85 bits per heavy atom. The van der Waals surface area contributed by atoms with E-state index >= 15 is 0 Å². The van der Waals surface area contributed by atoms with E-state index in [0.717, 1.165) is 0 Å². The second-order valence-electron chi connectivity index (χ2n) is 4.58. The van der Waals surface area contributed by atoms with E-state index < -0.39 is 15.8 Å². The quantitative estimate of drug-likeness (QED) is 0.855. The topological polar surface area (TPSA) is 72.2 Å². The van der Waals surface area contributed by atoms with E-state index in [1.54, 1.807) is 32.0 Å². The SMILES string of the molecule is Cc1ccc(NS(=O)(=O)c2c(C)cccc2N)c(F)c1. The number of nitrogen functional groups attached to an aromatic ring is 1. The maximum Gasteiger partial charge on any atom is 0.264 e. The molecule has 106 valence electrons. The summed E-state index contributed by atoms with van der Waals surface area (Å²) >= 11 is 0. The number of aryl methyl sites for hydroxylation is 2. The maximum absolute atomic E-state index is 13.7. The molecule has 4 nitrogen and oxygen atoms in total. The van der Waals surface area contributed by atoms with Gasteiger partial charge in [0.05, 0.1) is 11.4 Å². The Hall–Kier alpha value is -2.08. The molecular formula is C14H15FN2O2S. The fourth-order valence-electron chi connectivity index (χ4n) is 1.94. The van der Waals surface area contributed by atoms with Crippen LogP contribution in [0.3, 0.4) is 0 Å². The Labute approximate surface area is 117 Å². The van der Waals surface area contributed by atoms with Gasteiger partial charge in [0.1, 0.15) is 10.7 Å². The maximum atomic E-state index is 13.7. The average molecular weight is 294 g/mol. The number of nitrogens with one attached hydrogen (secondary N) is 1. The molecule has 2 aromatic carbocycles. The largest absolute Gasteiger partial charge is 0.398 e. The van der Waals surface area contributed by atoms with E-state index in [9.17, 15) is 12.8 Å². The first-order valence-electron chi connectivity index (χ1n) is 5.95. The first-order chi connectivity index (χ1) is 9.31. The molecule has 0 radical (unpaired) electrons. The molecule has 20 heavy (non-hydrogen) atoms. The molecule has 0 saturated heterocycles. The smallest absolute Gasteiger partial charge is 0.264 e. The molecule has 2 aromatic rings. The van der Waals surface area contributed by atoms with Gasteiger partial charge in [-0.05, 0) is 43.2 Å². The van der Waals surface area contributed by atoms with Crippen LogP contribution in [0.2, 0.25) is 0 Å². The first-order valence-corrected chi connectivity index (χ1v) is 7.43. The third-order valence-corrected chi connectivity index (χ3v) is 4.46. The van der Waals surface area contributed by atoms with Gasteiger partial charge in [-0.15, -0.1) is 0 Å². The number of benzene rings is 2. The number of sulfonamides is 1. The van der Waals surface area contributed by atoms with Crippen LogP contribution in [0.5, 0.6) is 0 Å². The zero-order valence-corrected chi connectivity index (χ0v) is 12.0. The van der Waals surface area contributed by atoms with Crippen molar-refractivity contribution in [2.24, 2.45) is 0 Å². The molecule has 0 amide bonds. The minimum atomic E-state index is -3.93. The van der Waals surface area contributed by atoms with E-state index in [0.29, 0.717) is 11.1 Å². The number of rotatable bonds is 3. The van der Waals surface area contributed by atoms with Crippen LogP contribution < -0.4 is 10.5 Å². The van der Waals surface area contributed by atoms with Crippen LogP contribution in [0.4, 0.5) is 15.8 Å². The van der Waals surface area contributed by atoms with Crippen LogP contribution in [0, 0.1) is 19.7 Å². The van der Waals surface area contributed by atoms with Gasteiger partial charge in [-0.1, -0.05) is 18.2 Å². The summed E-state index contributed by atoms with van der Waals surface area (Å²) in [6, 6.07) is 9.07. The summed E-state index contributed by atoms with van der Waals surface area (Å²) in [6.45, 7) is 3.36. The van der Waals surface area contributed by atoms with Gasteiger partial charge in [0.25, 0.3) is 10.0 Å². The summed E-state index contributed by atoms with van der Waals surface area (Å²) in [7, 11) is -3.93. The van der Waals surface area contributed by atoms with E-state index in [1.807, 2.05) is 0 Å². The van der Waals surface area contributed by atoms with E-state index in [-0.39, 0.29) is 16.3 Å². The lowest BCUT2D eigenvalue weighted by Gasteiger charge is -2.13. The molecule has 0 saturated carbocycles. The molecular weight excluding hydrogens is 279 g/mol. The summed E-state index contributed by atoms with van der Waals surface area (Å²) in [5.74, 6) is -0.624. The van der Waals surface area contributed by atoms with Gasteiger partial charge in [-0.3, -0.25) is 4.72 Å². The van der Waals surface area contributed by atoms with Gasteiger partial charge in [-0.2, -0.15) is 0 Å². The number of hydrogen-bond donors (Lipinski definition) is 2. The lowest BCUT2D eigenvalue weighted by Crippen LogP contribution is -2.17. The summed E-state index contributed by atoms with van der Waals surface area (Å²) in [6.07, 6.45) is 0. The summed E-state index contributed by atoms with van der Waals surface area (Å²) in [5.41, 5.74) is 6.95. The molecule has 0 aromatic heterocycles. The molecule has 0 aliphatic rings. The molecule has 0 bridgehead atoms. The van der Waals surface area contributed by atoms with Gasteiger partial charge < -0.3 is 5.73 Å². The zero-order valence-electron chi connectivity index (χ0n) is 11.1. The highest BCUT2D eigenvalue weighted by Gasteiger charge is 2.21. The lowest BCUT2D eigenvalue weighted by atomic mass is 10.2. The van der Waals surface area contributed by atoms with E-state index in [2.05, 4.69) is 4.72 Å². The van der Waals surface area contributed by atoms with Crippen LogP contribution >= 0.6 is 0 Å². The molecule has 2 rings (SSSR count).